The first-order valence-corrected chi connectivity index (χ1v) is 6.56. The molecule has 17 heavy (non-hydrogen) atoms. The maximum absolute atomic E-state index is 9.64. The number of likely N-dealkylation sites (tertiary alicyclic amines) is 1. The molecule has 2 heteroatoms. The minimum absolute atomic E-state index is 0.176. The summed E-state index contributed by atoms with van der Waals surface area (Å²) in [6.45, 7) is 8.43. The van der Waals surface area contributed by atoms with Crippen molar-refractivity contribution in [3.63, 3.8) is 0 Å². The van der Waals surface area contributed by atoms with Gasteiger partial charge in [-0.2, -0.15) is 0 Å². The van der Waals surface area contributed by atoms with Gasteiger partial charge in [0, 0.05) is 12.6 Å². The molecule has 1 N–H and O–H groups in total. The third-order valence-corrected chi connectivity index (χ3v) is 4.01. The zero-order valence-electron chi connectivity index (χ0n) is 11.1. The van der Waals surface area contributed by atoms with Gasteiger partial charge < -0.3 is 5.11 Å². The molecule has 1 heterocycles. The minimum Gasteiger partial charge on any atom is -0.393 e. The van der Waals surface area contributed by atoms with Crippen molar-refractivity contribution in [2.24, 2.45) is 5.92 Å². The van der Waals surface area contributed by atoms with Gasteiger partial charge in [0.15, 0.2) is 0 Å². The van der Waals surface area contributed by atoms with Crippen LogP contribution in [-0.2, 0) is 0 Å². The molecule has 1 aliphatic rings. The van der Waals surface area contributed by atoms with Crippen molar-refractivity contribution in [2.45, 2.75) is 39.3 Å². The van der Waals surface area contributed by atoms with Crippen LogP contribution in [0.1, 0.15) is 37.4 Å². The van der Waals surface area contributed by atoms with Crippen LogP contribution < -0.4 is 0 Å². The molecule has 1 saturated heterocycles. The summed E-state index contributed by atoms with van der Waals surface area (Å²) in [5.41, 5.74) is 2.71. The number of aliphatic hydroxyl groups is 1. The zero-order chi connectivity index (χ0) is 12.4. The van der Waals surface area contributed by atoms with Gasteiger partial charge in [0.2, 0.25) is 0 Å². The van der Waals surface area contributed by atoms with Crippen LogP contribution in [0, 0.1) is 12.8 Å². The summed E-state index contributed by atoms with van der Waals surface area (Å²) in [5.74, 6) is 0.447. The smallest absolute Gasteiger partial charge is 0.0552 e. The van der Waals surface area contributed by atoms with E-state index in [2.05, 4.69) is 43.0 Å². The number of aryl methyl sites for hydroxylation is 1. The lowest BCUT2D eigenvalue weighted by atomic mass is 10.0. The normalized spacial score (nSPS) is 24.8. The molecule has 1 fully saturated rings. The highest BCUT2D eigenvalue weighted by Crippen LogP contribution is 2.29. The molecule has 3 atom stereocenters. The quantitative estimate of drug-likeness (QED) is 0.867. The van der Waals surface area contributed by atoms with Crippen molar-refractivity contribution < 1.29 is 5.11 Å². The van der Waals surface area contributed by atoms with Gasteiger partial charge >= 0.3 is 0 Å². The second-order valence-electron chi connectivity index (χ2n) is 5.37. The fraction of sp³-hybridized carbons (Fsp3) is 0.600. The van der Waals surface area contributed by atoms with Crippen LogP contribution in [0.25, 0.3) is 0 Å². The molecule has 1 aromatic rings. The fourth-order valence-corrected chi connectivity index (χ4v) is 2.70. The summed E-state index contributed by atoms with van der Waals surface area (Å²) in [7, 11) is 0. The van der Waals surface area contributed by atoms with E-state index in [0.29, 0.717) is 12.0 Å². The number of hydrogen-bond donors (Lipinski definition) is 1. The lowest BCUT2D eigenvalue weighted by Gasteiger charge is -2.25. The van der Waals surface area contributed by atoms with Gasteiger partial charge in [0.1, 0.15) is 0 Å². The van der Waals surface area contributed by atoms with Crippen LogP contribution in [-0.4, -0.2) is 29.2 Å². The number of nitrogens with zero attached hydrogens (tertiary/aromatic N) is 1. The molecule has 0 bridgehead atoms. The summed E-state index contributed by atoms with van der Waals surface area (Å²) in [6.07, 6.45) is 0.943. The Bertz CT molecular complexity index is 375. The van der Waals surface area contributed by atoms with Gasteiger partial charge in [-0.15, -0.1) is 0 Å². The van der Waals surface area contributed by atoms with Crippen LogP contribution in [0.4, 0.5) is 0 Å². The Morgan fingerprint density at radius 2 is 2.12 bits per heavy atom. The summed E-state index contributed by atoms with van der Waals surface area (Å²) >= 11 is 0. The number of rotatable bonds is 3. The molecule has 0 aliphatic carbocycles. The van der Waals surface area contributed by atoms with E-state index in [0.717, 1.165) is 19.5 Å². The Morgan fingerprint density at radius 1 is 1.35 bits per heavy atom. The molecule has 0 radical (unpaired) electrons. The van der Waals surface area contributed by atoms with E-state index in [9.17, 15) is 5.11 Å². The second-order valence-corrected chi connectivity index (χ2v) is 5.37. The summed E-state index contributed by atoms with van der Waals surface area (Å²) in [4.78, 5) is 2.48. The Morgan fingerprint density at radius 3 is 2.71 bits per heavy atom. The van der Waals surface area contributed by atoms with Crippen molar-refractivity contribution >= 4 is 0 Å². The zero-order valence-corrected chi connectivity index (χ0v) is 11.1. The molecular weight excluding hydrogens is 210 g/mol. The number of aliphatic hydroxyl groups excluding tert-OH is 1. The van der Waals surface area contributed by atoms with Crippen molar-refractivity contribution in [3.8, 4) is 0 Å². The molecular formula is C15H23NO. The largest absolute Gasteiger partial charge is 0.393 e. The van der Waals surface area contributed by atoms with E-state index < -0.39 is 0 Å². The second kappa shape index (κ2) is 5.19. The van der Waals surface area contributed by atoms with Gasteiger partial charge in [-0.3, -0.25) is 4.90 Å². The third kappa shape index (κ3) is 2.88. The average molecular weight is 233 g/mol. The topological polar surface area (TPSA) is 23.5 Å². The Labute approximate surface area is 104 Å². The van der Waals surface area contributed by atoms with E-state index in [1.807, 2.05) is 6.92 Å². The predicted octanol–water partition coefficient (Wildman–Crippen LogP) is 2.76. The van der Waals surface area contributed by atoms with E-state index in [1.165, 1.54) is 11.1 Å². The van der Waals surface area contributed by atoms with Crippen molar-refractivity contribution in [1.82, 2.24) is 4.90 Å². The standard InChI is InChI=1S/C15H23NO/c1-11-5-4-6-14(9-11)12(2)16-8-7-15(10-16)13(3)17/h4-6,9,12-13,15,17H,7-8,10H2,1-3H3. The van der Waals surface area contributed by atoms with Crippen molar-refractivity contribution in [3.05, 3.63) is 35.4 Å². The molecule has 0 saturated carbocycles. The van der Waals surface area contributed by atoms with Crippen LogP contribution in [0.15, 0.2) is 24.3 Å². The van der Waals surface area contributed by atoms with Crippen LogP contribution in [0.3, 0.4) is 0 Å². The molecule has 2 rings (SSSR count). The Balaban J connectivity index is 2.04. The SMILES string of the molecule is Cc1cccc(C(C)N2CCC(C(C)O)C2)c1. The van der Waals surface area contributed by atoms with Gasteiger partial charge in [0.25, 0.3) is 0 Å². The van der Waals surface area contributed by atoms with E-state index in [-0.39, 0.29) is 6.10 Å². The molecule has 2 nitrogen and oxygen atoms in total. The molecule has 3 unspecified atom stereocenters. The molecule has 0 aromatic heterocycles. The molecule has 0 spiro atoms. The summed E-state index contributed by atoms with van der Waals surface area (Å²) in [6, 6.07) is 9.19. The Kier molecular flexibility index (Phi) is 3.85. The maximum atomic E-state index is 9.64. The van der Waals surface area contributed by atoms with Crippen LogP contribution in [0.2, 0.25) is 0 Å². The Hall–Kier alpha value is -0.860. The van der Waals surface area contributed by atoms with E-state index >= 15 is 0 Å². The molecule has 1 aromatic carbocycles. The fourth-order valence-electron chi connectivity index (χ4n) is 2.70. The highest BCUT2D eigenvalue weighted by Gasteiger charge is 2.29. The van der Waals surface area contributed by atoms with Crippen molar-refractivity contribution in [2.75, 3.05) is 13.1 Å². The monoisotopic (exact) mass is 233 g/mol. The number of hydrogen-bond acceptors (Lipinski definition) is 2. The first-order valence-electron chi connectivity index (χ1n) is 6.56. The third-order valence-electron chi connectivity index (χ3n) is 4.01. The van der Waals surface area contributed by atoms with E-state index in [1.54, 1.807) is 0 Å². The highest BCUT2D eigenvalue weighted by atomic mass is 16.3. The molecule has 94 valence electrons. The highest BCUT2D eigenvalue weighted by molar-refractivity contribution is 5.24. The first-order chi connectivity index (χ1) is 8.08. The van der Waals surface area contributed by atoms with Crippen LogP contribution >= 0.6 is 0 Å². The lowest BCUT2D eigenvalue weighted by Crippen LogP contribution is -2.27. The molecule has 1 aliphatic heterocycles. The average Bonchev–Trinajstić information content (AvgIpc) is 2.77. The van der Waals surface area contributed by atoms with Gasteiger partial charge in [0.05, 0.1) is 6.10 Å². The summed E-state index contributed by atoms with van der Waals surface area (Å²) < 4.78 is 0. The lowest BCUT2D eigenvalue weighted by molar-refractivity contribution is 0.123. The van der Waals surface area contributed by atoms with Gasteiger partial charge in [-0.05, 0) is 45.2 Å². The molecule has 0 amide bonds. The number of benzene rings is 1. The van der Waals surface area contributed by atoms with E-state index in [4.69, 9.17) is 0 Å². The first kappa shape index (κ1) is 12.6. The maximum Gasteiger partial charge on any atom is 0.0552 e. The predicted molar refractivity (Wildman–Crippen MR) is 71.0 cm³/mol. The van der Waals surface area contributed by atoms with Crippen LogP contribution in [0.5, 0.6) is 0 Å². The van der Waals surface area contributed by atoms with Gasteiger partial charge in [-0.1, -0.05) is 29.8 Å². The summed E-state index contributed by atoms with van der Waals surface area (Å²) in [5, 5.41) is 9.64. The minimum atomic E-state index is -0.176. The van der Waals surface area contributed by atoms with Crippen molar-refractivity contribution in [1.29, 1.82) is 0 Å². The van der Waals surface area contributed by atoms with Gasteiger partial charge in [-0.25, -0.2) is 0 Å².